The first-order valence-corrected chi connectivity index (χ1v) is 13.1. The minimum Gasteiger partial charge on any atom is -0.473 e. The highest BCUT2D eigenvalue weighted by Gasteiger charge is 2.24. The van der Waals surface area contributed by atoms with Crippen LogP contribution in [0.3, 0.4) is 0 Å². The molecule has 0 saturated carbocycles. The van der Waals surface area contributed by atoms with Crippen LogP contribution in [0.25, 0.3) is 21.3 Å². The van der Waals surface area contributed by atoms with Crippen molar-refractivity contribution in [3.05, 3.63) is 54.2 Å². The van der Waals surface area contributed by atoms with E-state index in [0.717, 1.165) is 43.0 Å². The van der Waals surface area contributed by atoms with E-state index in [1.165, 1.54) is 29.8 Å². The van der Waals surface area contributed by atoms with E-state index >= 15 is 0 Å². The molecule has 33 heavy (non-hydrogen) atoms. The Kier molecular flexibility index (Phi) is 5.67. The SMILES string of the molecule is CS(=O)(=O)c1ccc(-c2csc3c(OC4CCN(c5ncccn5)CC4)ncnc23)c(F)c1. The van der Waals surface area contributed by atoms with Crippen LogP contribution < -0.4 is 9.64 Å². The highest BCUT2D eigenvalue weighted by molar-refractivity contribution is 7.90. The molecular weight excluding hydrogens is 465 g/mol. The van der Waals surface area contributed by atoms with Gasteiger partial charge in [0.05, 0.1) is 10.4 Å². The van der Waals surface area contributed by atoms with Crippen molar-refractivity contribution in [3.63, 3.8) is 0 Å². The van der Waals surface area contributed by atoms with Gasteiger partial charge in [0.15, 0.2) is 9.84 Å². The molecule has 0 aliphatic carbocycles. The molecule has 1 aromatic carbocycles. The van der Waals surface area contributed by atoms with E-state index in [1.54, 1.807) is 23.8 Å². The van der Waals surface area contributed by atoms with Crippen molar-refractivity contribution in [2.75, 3.05) is 24.2 Å². The molecule has 1 saturated heterocycles. The van der Waals surface area contributed by atoms with E-state index < -0.39 is 15.7 Å². The number of hydrogen-bond donors (Lipinski definition) is 0. The third-order valence-corrected chi connectivity index (χ3v) is 7.60. The van der Waals surface area contributed by atoms with Crippen LogP contribution in [0.5, 0.6) is 5.88 Å². The Morgan fingerprint density at radius 2 is 1.85 bits per heavy atom. The normalized spacial score (nSPS) is 15.2. The van der Waals surface area contributed by atoms with Crippen LogP contribution >= 0.6 is 11.3 Å². The number of fused-ring (bicyclic) bond motifs is 1. The fourth-order valence-electron chi connectivity index (χ4n) is 3.84. The predicted octanol–water partition coefficient (Wildman–Crippen LogP) is 3.74. The summed E-state index contributed by atoms with van der Waals surface area (Å²) in [5.74, 6) is 0.570. The smallest absolute Gasteiger partial charge is 0.235 e. The van der Waals surface area contributed by atoms with Gasteiger partial charge in [0, 0.05) is 61.1 Å². The first-order chi connectivity index (χ1) is 15.9. The molecule has 170 valence electrons. The standard InChI is InChI=1S/C22H20FN5O3S2/c1-33(29,30)15-3-4-16(18(23)11-15)17-12-32-20-19(17)26-13-27-21(20)31-14-5-9-28(10-6-14)22-24-7-2-8-25-22/h2-4,7-8,11-14H,5-6,9-10H2,1H3. The molecule has 4 aromatic rings. The Bertz CT molecular complexity index is 1400. The quantitative estimate of drug-likeness (QED) is 0.422. The van der Waals surface area contributed by atoms with Crippen LogP contribution in [0.2, 0.25) is 0 Å². The van der Waals surface area contributed by atoms with Gasteiger partial charge in [-0.2, -0.15) is 0 Å². The van der Waals surface area contributed by atoms with Gasteiger partial charge in [0.1, 0.15) is 22.9 Å². The monoisotopic (exact) mass is 485 g/mol. The lowest BCUT2D eigenvalue weighted by molar-refractivity contribution is 0.166. The summed E-state index contributed by atoms with van der Waals surface area (Å²) in [7, 11) is -3.49. The lowest BCUT2D eigenvalue weighted by Crippen LogP contribution is -2.39. The van der Waals surface area contributed by atoms with Crippen LogP contribution in [-0.2, 0) is 9.84 Å². The van der Waals surface area contributed by atoms with Crippen LogP contribution in [0.4, 0.5) is 10.3 Å². The summed E-state index contributed by atoms with van der Waals surface area (Å²) >= 11 is 1.37. The van der Waals surface area contributed by atoms with Gasteiger partial charge in [0.2, 0.25) is 11.8 Å². The number of thiophene rings is 1. The van der Waals surface area contributed by atoms with Crippen molar-refractivity contribution in [3.8, 4) is 17.0 Å². The van der Waals surface area contributed by atoms with Gasteiger partial charge in [-0.05, 0) is 18.2 Å². The van der Waals surface area contributed by atoms with E-state index in [-0.39, 0.29) is 16.6 Å². The molecule has 0 bridgehead atoms. The summed E-state index contributed by atoms with van der Waals surface area (Å²) in [6, 6.07) is 5.70. The number of hydrogen-bond acceptors (Lipinski definition) is 9. The van der Waals surface area contributed by atoms with Crippen molar-refractivity contribution in [1.82, 2.24) is 19.9 Å². The topological polar surface area (TPSA) is 98.2 Å². The summed E-state index contributed by atoms with van der Waals surface area (Å²) in [5.41, 5.74) is 1.44. The number of ether oxygens (including phenoxy) is 1. The Morgan fingerprint density at radius 3 is 2.55 bits per heavy atom. The molecule has 0 spiro atoms. The zero-order valence-electron chi connectivity index (χ0n) is 17.7. The second kappa shape index (κ2) is 8.64. The van der Waals surface area contributed by atoms with Crippen molar-refractivity contribution in [2.24, 2.45) is 0 Å². The Morgan fingerprint density at radius 1 is 1.09 bits per heavy atom. The summed E-state index contributed by atoms with van der Waals surface area (Å²) in [6.45, 7) is 1.55. The average molecular weight is 486 g/mol. The Labute approximate surface area is 194 Å². The maximum Gasteiger partial charge on any atom is 0.235 e. The van der Waals surface area contributed by atoms with Crippen molar-refractivity contribution in [2.45, 2.75) is 23.8 Å². The number of anilines is 1. The number of rotatable bonds is 5. The average Bonchev–Trinajstić information content (AvgIpc) is 3.24. The van der Waals surface area contributed by atoms with Gasteiger partial charge in [-0.25, -0.2) is 32.7 Å². The zero-order valence-corrected chi connectivity index (χ0v) is 19.3. The van der Waals surface area contributed by atoms with Crippen molar-refractivity contribution < 1.29 is 17.5 Å². The number of piperidine rings is 1. The molecule has 0 amide bonds. The number of benzene rings is 1. The fraction of sp³-hybridized carbons (Fsp3) is 0.273. The third kappa shape index (κ3) is 4.38. The van der Waals surface area contributed by atoms with Crippen LogP contribution in [0, 0.1) is 5.82 Å². The number of nitrogens with zero attached hydrogens (tertiary/aromatic N) is 5. The number of sulfone groups is 1. The Hall–Kier alpha value is -3.18. The maximum atomic E-state index is 14.8. The van der Waals surface area contributed by atoms with Gasteiger partial charge in [-0.3, -0.25) is 0 Å². The third-order valence-electron chi connectivity index (χ3n) is 5.54. The predicted molar refractivity (Wildman–Crippen MR) is 124 cm³/mol. The lowest BCUT2D eigenvalue weighted by Gasteiger charge is -2.31. The van der Waals surface area contributed by atoms with Crippen LogP contribution in [-0.4, -0.2) is 53.8 Å². The molecule has 8 nitrogen and oxygen atoms in total. The molecule has 1 aliphatic rings. The summed E-state index contributed by atoms with van der Waals surface area (Å²) < 4.78 is 45.2. The molecule has 5 rings (SSSR count). The lowest BCUT2D eigenvalue weighted by atomic mass is 10.1. The first kappa shape index (κ1) is 21.7. The highest BCUT2D eigenvalue weighted by Crippen LogP contribution is 2.38. The summed E-state index contributed by atoms with van der Waals surface area (Å²) in [6.07, 6.45) is 7.49. The molecule has 0 radical (unpaired) electrons. The fourth-order valence-corrected chi connectivity index (χ4v) is 5.42. The number of aromatic nitrogens is 4. The van der Waals surface area contributed by atoms with E-state index in [0.29, 0.717) is 22.9 Å². The van der Waals surface area contributed by atoms with Gasteiger partial charge < -0.3 is 9.64 Å². The van der Waals surface area contributed by atoms with E-state index in [2.05, 4.69) is 24.8 Å². The van der Waals surface area contributed by atoms with Gasteiger partial charge in [-0.1, -0.05) is 6.07 Å². The van der Waals surface area contributed by atoms with Crippen LogP contribution in [0.1, 0.15) is 12.8 Å². The Balaban J connectivity index is 1.37. The van der Waals surface area contributed by atoms with Gasteiger partial charge in [-0.15, -0.1) is 11.3 Å². The van der Waals surface area contributed by atoms with E-state index in [4.69, 9.17) is 4.74 Å². The maximum absolute atomic E-state index is 14.8. The molecular formula is C22H20FN5O3S2. The molecule has 4 heterocycles. The minimum absolute atomic E-state index is 0.0145. The van der Waals surface area contributed by atoms with E-state index in [9.17, 15) is 12.8 Å². The molecule has 11 heteroatoms. The first-order valence-electron chi connectivity index (χ1n) is 10.3. The summed E-state index contributed by atoms with van der Waals surface area (Å²) in [4.78, 5) is 19.3. The van der Waals surface area contributed by atoms with Crippen LogP contribution in [0.15, 0.2) is 53.3 Å². The largest absolute Gasteiger partial charge is 0.473 e. The minimum atomic E-state index is -3.49. The molecule has 0 N–H and O–H groups in total. The second-order valence-corrected chi connectivity index (χ2v) is 10.7. The highest BCUT2D eigenvalue weighted by atomic mass is 32.2. The van der Waals surface area contributed by atoms with Gasteiger partial charge >= 0.3 is 0 Å². The van der Waals surface area contributed by atoms with Crippen molar-refractivity contribution >= 4 is 37.3 Å². The molecule has 0 unspecified atom stereocenters. The molecule has 1 aliphatic heterocycles. The zero-order chi connectivity index (χ0) is 23.0. The second-order valence-electron chi connectivity index (χ2n) is 7.77. The van der Waals surface area contributed by atoms with Gasteiger partial charge in [0.25, 0.3) is 0 Å². The molecule has 1 fully saturated rings. The van der Waals surface area contributed by atoms with Crippen molar-refractivity contribution in [1.29, 1.82) is 0 Å². The van der Waals surface area contributed by atoms with E-state index in [1.807, 2.05) is 0 Å². The molecule has 0 atom stereocenters. The number of halogens is 1. The summed E-state index contributed by atoms with van der Waals surface area (Å²) in [5, 5.41) is 1.79. The molecule has 3 aromatic heterocycles.